The number of nitrogens with zero attached hydrogens (tertiary/aromatic N) is 1. The first-order chi connectivity index (χ1) is 10.4. The fourth-order valence-corrected chi connectivity index (χ4v) is 2.96. The first-order valence-electron chi connectivity index (χ1n) is 7.85. The van der Waals surface area contributed by atoms with Gasteiger partial charge in [-0.05, 0) is 63.0 Å². The zero-order chi connectivity index (χ0) is 16.1. The number of ether oxygens (including phenoxy) is 1. The second-order valence-electron chi connectivity index (χ2n) is 6.27. The third-order valence-corrected chi connectivity index (χ3v) is 4.10. The number of hydrogen-bond donors (Lipinski definition) is 2. The predicted molar refractivity (Wildman–Crippen MR) is 85.8 cm³/mol. The Balaban J connectivity index is 1.74. The molecule has 1 amide bonds. The Morgan fingerprint density at radius 2 is 1.91 bits per heavy atom. The molecule has 1 aliphatic rings. The summed E-state index contributed by atoms with van der Waals surface area (Å²) in [6, 6.07) is 6.03. The second-order valence-corrected chi connectivity index (χ2v) is 6.27. The fourth-order valence-electron chi connectivity index (χ4n) is 2.96. The topological polar surface area (TPSA) is 75.8 Å². The van der Waals surface area contributed by atoms with Crippen LogP contribution in [0, 0.1) is 19.8 Å². The number of nitrogens with two attached hydrogens (primary N) is 1. The highest BCUT2D eigenvalue weighted by atomic mass is 16.5. The molecule has 5 heteroatoms. The van der Waals surface area contributed by atoms with Gasteiger partial charge in [0, 0.05) is 12.5 Å². The molecule has 1 heterocycles. The molecule has 22 heavy (non-hydrogen) atoms. The lowest BCUT2D eigenvalue weighted by molar-refractivity contribution is -0.123. The van der Waals surface area contributed by atoms with Gasteiger partial charge >= 0.3 is 0 Å². The Morgan fingerprint density at radius 1 is 1.32 bits per heavy atom. The standard InChI is InChI=1S/C17H26N2O3/c1-12-7-13(2)9-16(8-12)22-11-15(20)10-19-5-3-14(4-6-19)17(18)21/h7-9,14-15,20H,3-6,10-11H2,1-2H3,(H2,18,21)/t15-/m1/s1. The maximum Gasteiger partial charge on any atom is 0.220 e. The molecule has 5 nitrogen and oxygen atoms in total. The van der Waals surface area contributed by atoms with Gasteiger partial charge in [-0.15, -0.1) is 0 Å². The van der Waals surface area contributed by atoms with Gasteiger partial charge in [-0.3, -0.25) is 4.79 Å². The number of benzene rings is 1. The van der Waals surface area contributed by atoms with Gasteiger partial charge in [0.25, 0.3) is 0 Å². The van der Waals surface area contributed by atoms with Gasteiger partial charge in [-0.25, -0.2) is 0 Å². The minimum absolute atomic E-state index is 0.0140. The van der Waals surface area contributed by atoms with Gasteiger partial charge in [0.15, 0.2) is 0 Å². The summed E-state index contributed by atoms with van der Waals surface area (Å²) >= 11 is 0. The van der Waals surface area contributed by atoms with E-state index >= 15 is 0 Å². The zero-order valence-corrected chi connectivity index (χ0v) is 13.4. The van der Waals surface area contributed by atoms with Crippen molar-refractivity contribution < 1.29 is 14.6 Å². The van der Waals surface area contributed by atoms with Crippen LogP contribution in [0.25, 0.3) is 0 Å². The summed E-state index contributed by atoms with van der Waals surface area (Å²) in [5, 5.41) is 10.1. The average Bonchev–Trinajstić information content (AvgIpc) is 2.45. The van der Waals surface area contributed by atoms with Gasteiger partial charge < -0.3 is 20.5 Å². The van der Waals surface area contributed by atoms with Crippen molar-refractivity contribution in [3.05, 3.63) is 29.3 Å². The normalized spacial score (nSPS) is 18.1. The van der Waals surface area contributed by atoms with E-state index in [-0.39, 0.29) is 18.4 Å². The lowest BCUT2D eigenvalue weighted by atomic mass is 9.96. The van der Waals surface area contributed by atoms with Crippen LogP contribution in [0.1, 0.15) is 24.0 Å². The molecule has 122 valence electrons. The Bertz CT molecular complexity index is 490. The Kier molecular flexibility index (Phi) is 5.80. The quantitative estimate of drug-likeness (QED) is 0.829. The van der Waals surface area contributed by atoms with Crippen molar-refractivity contribution in [2.45, 2.75) is 32.8 Å². The van der Waals surface area contributed by atoms with Crippen LogP contribution < -0.4 is 10.5 Å². The summed E-state index contributed by atoms with van der Waals surface area (Å²) in [4.78, 5) is 13.3. The van der Waals surface area contributed by atoms with Crippen LogP contribution in [0.15, 0.2) is 18.2 Å². The SMILES string of the molecule is Cc1cc(C)cc(OC[C@H](O)CN2CCC(C(N)=O)CC2)c1. The van der Waals surface area contributed by atoms with E-state index in [0.29, 0.717) is 6.54 Å². The molecule has 0 saturated carbocycles. The molecule has 0 aromatic heterocycles. The third-order valence-electron chi connectivity index (χ3n) is 4.10. The van der Waals surface area contributed by atoms with E-state index in [4.69, 9.17) is 10.5 Å². The molecule has 0 aliphatic carbocycles. The van der Waals surface area contributed by atoms with Crippen LogP contribution in [0.4, 0.5) is 0 Å². The minimum atomic E-state index is -0.536. The first kappa shape index (κ1) is 16.8. The number of aliphatic hydroxyl groups excluding tert-OH is 1. The zero-order valence-electron chi connectivity index (χ0n) is 13.4. The molecule has 1 atom stereocenters. The monoisotopic (exact) mass is 306 g/mol. The Hall–Kier alpha value is -1.59. The van der Waals surface area contributed by atoms with Crippen molar-refractivity contribution in [1.29, 1.82) is 0 Å². The molecule has 0 spiro atoms. The van der Waals surface area contributed by atoms with Gasteiger partial charge in [0.05, 0.1) is 0 Å². The highest BCUT2D eigenvalue weighted by molar-refractivity contribution is 5.76. The molecule has 3 N–H and O–H groups in total. The number of amides is 1. The number of primary amides is 1. The molecular weight excluding hydrogens is 280 g/mol. The van der Waals surface area contributed by atoms with E-state index in [0.717, 1.165) is 42.8 Å². The molecule has 0 bridgehead atoms. The molecule has 1 saturated heterocycles. The molecule has 1 fully saturated rings. The number of piperidine rings is 1. The lowest BCUT2D eigenvalue weighted by Crippen LogP contribution is -2.43. The number of β-amino-alcohol motifs (C(OH)–C–C–N with tert-alkyl or cyclic N) is 1. The number of carbonyl (C=O) groups excluding carboxylic acids is 1. The Morgan fingerprint density at radius 3 is 2.45 bits per heavy atom. The largest absolute Gasteiger partial charge is 0.491 e. The van der Waals surface area contributed by atoms with E-state index < -0.39 is 6.10 Å². The Labute approximate surface area is 132 Å². The van der Waals surface area contributed by atoms with Crippen molar-refractivity contribution in [3.63, 3.8) is 0 Å². The van der Waals surface area contributed by atoms with E-state index in [1.807, 2.05) is 26.0 Å². The molecule has 0 unspecified atom stereocenters. The van der Waals surface area contributed by atoms with E-state index in [2.05, 4.69) is 11.0 Å². The van der Waals surface area contributed by atoms with Crippen molar-refractivity contribution in [2.24, 2.45) is 11.7 Å². The van der Waals surface area contributed by atoms with Crippen LogP contribution in [-0.2, 0) is 4.79 Å². The van der Waals surface area contributed by atoms with Crippen molar-refractivity contribution in [3.8, 4) is 5.75 Å². The number of aliphatic hydroxyl groups is 1. The smallest absolute Gasteiger partial charge is 0.220 e. The van der Waals surface area contributed by atoms with Crippen molar-refractivity contribution in [2.75, 3.05) is 26.2 Å². The first-order valence-corrected chi connectivity index (χ1v) is 7.85. The summed E-state index contributed by atoms with van der Waals surface area (Å²) < 4.78 is 5.68. The van der Waals surface area contributed by atoms with Crippen LogP contribution in [0.5, 0.6) is 5.75 Å². The summed E-state index contributed by atoms with van der Waals surface area (Å²) in [5.41, 5.74) is 7.63. The van der Waals surface area contributed by atoms with E-state index in [1.54, 1.807) is 0 Å². The number of likely N-dealkylation sites (tertiary alicyclic amines) is 1. The van der Waals surface area contributed by atoms with Crippen molar-refractivity contribution in [1.82, 2.24) is 4.90 Å². The van der Waals surface area contributed by atoms with Gasteiger partial charge in [-0.2, -0.15) is 0 Å². The number of aryl methyl sites for hydroxylation is 2. The third kappa shape index (κ3) is 5.00. The maximum atomic E-state index is 11.1. The summed E-state index contributed by atoms with van der Waals surface area (Å²) in [7, 11) is 0. The molecule has 2 rings (SSSR count). The molecule has 0 radical (unpaired) electrons. The van der Waals surface area contributed by atoms with Crippen LogP contribution in [0.3, 0.4) is 0 Å². The van der Waals surface area contributed by atoms with Crippen LogP contribution >= 0.6 is 0 Å². The van der Waals surface area contributed by atoms with E-state index in [9.17, 15) is 9.90 Å². The fraction of sp³-hybridized carbons (Fsp3) is 0.588. The summed E-state index contributed by atoms with van der Waals surface area (Å²) in [6.07, 6.45) is 1.02. The summed E-state index contributed by atoms with van der Waals surface area (Å²) in [5.74, 6) is 0.572. The van der Waals surface area contributed by atoms with Gasteiger partial charge in [-0.1, -0.05) is 6.07 Å². The number of rotatable bonds is 6. The van der Waals surface area contributed by atoms with Crippen LogP contribution in [0.2, 0.25) is 0 Å². The second kappa shape index (κ2) is 7.61. The maximum absolute atomic E-state index is 11.1. The van der Waals surface area contributed by atoms with Crippen LogP contribution in [-0.4, -0.2) is 48.3 Å². The van der Waals surface area contributed by atoms with Gasteiger partial charge in [0.1, 0.15) is 18.5 Å². The summed E-state index contributed by atoms with van der Waals surface area (Å²) in [6.45, 7) is 6.50. The number of carbonyl (C=O) groups is 1. The highest BCUT2D eigenvalue weighted by Crippen LogP contribution is 2.18. The van der Waals surface area contributed by atoms with E-state index in [1.165, 1.54) is 0 Å². The highest BCUT2D eigenvalue weighted by Gasteiger charge is 2.24. The number of hydrogen-bond acceptors (Lipinski definition) is 4. The predicted octanol–water partition coefficient (Wildman–Crippen LogP) is 1.24. The van der Waals surface area contributed by atoms with Gasteiger partial charge in [0.2, 0.25) is 5.91 Å². The molecular formula is C17H26N2O3. The lowest BCUT2D eigenvalue weighted by Gasteiger charge is -2.31. The molecule has 1 aromatic rings. The van der Waals surface area contributed by atoms with Crippen molar-refractivity contribution >= 4 is 5.91 Å². The molecule has 1 aromatic carbocycles. The minimum Gasteiger partial charge on any atom is -0.491 e. The average molecular weight is 306 g/mol. The molecule has 1 aliphatic heterocycles.